The zero-order valence-electron chi connectivity index (χ0n) is 12.7. The van der Waals surface area contributed by atoms with E-state index in [0.717, 1.165) is 13.1 Å². The third-order valence-corrected chi connectivity index (χ3v) is 3.10. The number of anilines is 1. The minimum Gasteiger partial charge on any atom is -0.472 e. The summed E-state index contributed by atoms with van der Waals surface area (Å²) in [5, 5.41) is 3.51. The predicted octanol–water partition coefficient (Wildman–Crippen LogP) is 3.20. The maximum absolute atomic E-state index is 5.12. The number of nitrogens with one attached hydrogen (secondary N) is 1. The highest BCUT2D eigenvalue weighted by Crippen LogP contribution is 2.20. The summed E-state index contributed by atoms with van der Waals surface area (Å²) in [6.07, 6.45) is 7.25. The summed E-state index contributed by atoms with van der Waals surface area (Å²) in [7, 11) is 2.09. The average Bonchev–Trinajstić information content (AvgIpc) is 2.88. The number of nitrogens with zero attached hydrogens (tertiary/aromatic N) is 2. The predicted molar refractivity (Wildman–Crippen MR) is 81.6 cm³/mol. The molecule has 0 amide bonds. The van der Waals surface area contributed by atoms with E-state index < -0.39 is 0 Å². The van der Waals surface area contributed by atoms with Gasteiger partial charge in [0, 0.05) is 54.9 Å². The number of furan rings is 1. The maximum atomic E-state index is 5.12. The highest BCUT2D eigenvalue weighted by molar-refractivity contribution is 5.51. The van der Waals surface area contributed by atoms with Crippen LogP contribution in [0.15, 0.2) is 41.5 Å². The Balaban J connectivity index is 2.10. The first-order chi connectivity index (χ1) is 9.46. The Morgan fingerprint density at radius 3 is 2.75 bits per heavy atom. The van der Waals surface area contributed by atoms with Gasteiger partial charge in [0.05, 0.1) is 12.5 Å². The maximum Gasteiger partial charge on any atom is 0.0952 e. The van der Waals surface area contributed by atoms with Crippen LogP contribution in [0.3, 0.4) is 0 Å². The molecule has 0 aromatic carbocycles. The Morgan fingerprint density at radius 1 is 1.30 bits per heavy atom. The lowest BCUT2D eigenvalue weighted by Gasteiger charge is -2.25. The van der Waals surface area contributed by atoms with Crippen molar-refractivity contribution in [3.05, 3.63) is 48.2 Å². The lowest BCUT2D eigenvalue weighted by Crippen LogP contribution is -2.35. The molecule has 0 fully saturated rings. The van der Waals surface area contributed by atoms with Crippen molar-refractivity contribution in [2.75, 3.05) is 11.9 Å². The highest BCUT2D eigenvalue weighted by atomic mass is 16.3. The zero-order chi connectivity index (χ0) is 14.6. The Morgan fingerprint density at radius 2 is 2.10 bits per heavy atom. The van der Waals surface area contributed by atoms with Crippen molar-refractivity contribution in [2.45, 2.75) is 39.4 Å². The first-order valence-electron chi connectivity index (χ1n) is 6.86. The number of rotatable bonds is 5. The van der Waals surface area contributed by atoms with Gasteiger partial charge in [0.1, 0.15) is 0 Å². The van der Waals surface area contributed by atoms with Crippen LogP contribution in [0.25, 0.3) is 0 Å². The van der Waals surface area contributed by atoms with Crippen molar-refractivity contribution in [1.29, 1.82) is 0 Å². The monoisotopic (exact) mass is 273 g/mol. The first-order valence-corrected chi connectivity index (χ1v) is 6.86. The lowest BCUT2D eigenvalue weighted by atomic mass is 10.1. The van der Waals surface area contributed by atoms with Crippen molar-refractivity contribution >= 4 is 5.69 Å². The normalized spacial score (nSPS) is 11.6. The molecule has 1 N–H and O–H groups in total. The summed E-state index contributed by atoms with van der Waals surface area (Å²) in [4.78, 5) is 6.45. The summed E-state index contributed by atoms with van der Waals surface area (Å²) in [5.41, 5.74) is 3.65. The number of hydrogen-bond acceptors (Lipinski definition) is 4. The number of aromatic nitrogens is 1. The molecule has 0 bridgehead atoms. The zero-order valence-corrected chi connectivity index (χ0v) is 12.7. The molecule has 2 aromatic rings. The molecule has 0 aliphatic rings. The third kappa shape index (κ3) is 4.10. The molecule has 0 aliphatic carbocycles. The Bertz CT molecular complexity index is 529. The Labute approximate surface area is 120 Å². The smallest absolute Gasteiger partial charge is 0.0952 e. The van der Waals surface area contributed by atoms with E-state index in [1.54, 1.807) is 12.5 Å². The van der Waals surface area contributed by atoms with Crippen LogP contribution >= 0.6 is 0 Å². The van der Waals surface area contributed by atoms with Crippen molar-refractivity contribution in [2.24, 2.45) is 0 Å². The van der Waals surface area contributed by atoms with Gasteiger partial charge in [-0.1, -0.05) is 0 Å². The van der Waals surface area contributed by atoms with E-state index in [1.165, 1.54) is 16.8 Å². The highest BCUT2D eigenvalue weighted by Gasteiger charge is 2.12. The van der Waals surface area contributed by atoms with E-state index in [-0.39, 0.29) is 5.54 Å². The van der Waals surface area contributed by atoms with Crippen molar-refractivity contribution in [1.82, 2.24) is 10.3 Å². The quantitative estimate of drug-likeness (QED) is 0.908. The fourth-order valence-corrected chi connectivity index (χ4v) is 2.03. The fraction of sp³-hybridized carbons (Fsp3) is 0.438. The topological polar surface area (TPSA) is 41.3 Å². The molecule has 2 aromatic heterocycles. The van der Waals surface area contributed by atoms with Crippen molar-refractivity contribution in [3.8, 4) is 0 Å². The minimum absolute atomic E-state index is 0.0935. The van der Waals surface area contributed by atoms with Gasteiger partial charge in [-0.2, -0.15) is 0 Å². The Hall–Kier alpha value is -1.81. The largest absolute Gasteiger partial charge is 0.472 e. The summed E-state index contributed by atoms with van der Waals surface area (Å²) in [6.45, 7) is 8.13. The van der Waals surface area contributed by atoms with Gasteiger partial charge in [0.2, 0.25) is 0 Å². The van der Waals surface area contributed by atoms with E-state index in [2.05, 4.69) is 49.1 Å². The van der Waals surface area contributed by atoms with Gasteiger partial charge in [0.15, 0.2) is 0 Å². The average molecular weight is 273 g/mol. The third-order valence-electron chi connectivity index (χ3n) is 3.10. The van der Waals surface area contributed by atoms with Crippen LogP contribution in [0.5, 0.6) is 0 Å². The van der Waals surface area contributed by atoms with Crippen molar-refractivity contribution < 1.29 is 4.42 Å². The van der Waals surface area contributed by atoms with Crippen molar-refractivity contribution in [3.63, 3.8) is 0 Å². The van der Waals surface area contributed by atoms with E-state index in [4.69, 9.17) is 4.42 Å². The number of pyridine rings is 1. The lowest BCUT2D eigenvalue weighted by molar-refractivity contribution is 0.424. The molecule has 0 aliphatic heterocycles. The molecule has 2 heterocycles. The molecule has 2 rings (SSSR count). The molecular weight excluding hydrogens is 250 g/mol. The minimum atomic E-state index is 0.0935. The SMILES string of the molecule is CN(Cc1ccoc1)c1ccncc1CNC(C)(C)C. The molecule has 0 radical (unpaired) electrons. The van der Waals surface area contributed by atoms with Crippen LogP contribution in [0.1, 0.15) is 31.9 Å². The molecule has 0 spiro atoms. The second kappa shape index (κ2) is 6.09. The van der Waals surface area contributed by atoms with Gasteiger partial charge in [0.25, 0.3) is 0 Å². The second-order valence-electron chi connectivity index (χ2n) is 6.10. The summed E-state index contributed by atoms with van der Waals surface area (Å²) in [6, 6.07) is 4.05. The molecular formula is C16H23N3O. The number of hydrogen-bond donors (Lipinski definition) is 1. The van der Waals surface area contributed by atoms with E-state index >= 15 is 0 Å². The van der Waals surface area contributed by atoms with Gasteiger partial charge < -0.3 is 14.6 Å². The fourth-order valence-electron chi connectivity index (χ4n) is 2.03. The van der Waals surface area contributed by atoms with Crippen LogP contribution in [0.2, 0.25) is 0 Å². The van der Waals surface area contributed by atoms with E-state index in [1.807, 2.05) is 18.5 Å². The van der Waals surface area contributed by atoms with Crippen LogP contribution in [-0.4, -0.2) is 17.6 Å². The molecule has 0 atom stereocenters. The summed E-state index contributed by atoms with van der Waals surface area (Å²) < 4.78 is 5.12. The summed E-state index contributed by atoms with van der Waals surface area (Å²) in [5.74, 6) is 0. The van der Waals surface area contributed by atoms with Gasteiger partial charge in [-0.3, -0.25) is 4.98 Å². The molecule has 4 nitrogen and oxygen atoms in total. The molecule has 20 heavy (non-hydrogen) atoms. The van der Waals surface area contributed by atoms with Crippen LogP contribution < -0.4 is 10.2 Å². The second-order valence-corrected chi connectivity index (χ2v) is 6.10. The van der Waals surface area contributed by atoms with Gasteiger partial charge in [-0.25, -0.2) is 0 Å². The van der Waals surface area contributed by atoms with Crippen LogP contribution in [-0.2, 0) is 13.1 Å². The molecule has 0 saturated carbocycles. The first kappa shape index (κ1) is 14.6. The molecule has 0 saturated heterocycles. The van der Waals surface area contributed by atoms with Crippen LogP contribution in [0.4, 0.5) is 5.69 Å². The molecule has 4 heteroatoms. The summed E-state index contributed by atoms with van der Waals surface area (Å²) >= 11 is 0. The van der Waals surface area contributed by atoms with Gasteiger partial charge in [-0.05, 0) is 32.9 Å². The Kier molecular flexibility index (Phi) is 4.45. The molecule has 0 unspecified atom stereocenters. The van der Waals surface area contributed by atoms with E-state index in [0.29, 0.717) is 0 Å². The van der Waals surface area contributed by atoms with E-state index in [9.17, 15) is 0 Å². The van der Waals surface area contributed by atoms with Gasteiger partial charge >= 0.3 is 0 Å². The van der Waals surface area contributed by atoms with Gasteiger partial charge in [-0.15, -0.1) is 0 Å². The molecule has 108 valence electrons. The van der Waals surface area contributed by atoms with Crippen LogP contribution in [0, 0.1) is 0 Å². The standard InChI is InChI=1S/C16H23N3O/c1-16(2,3)18-10-14-9-17-7-5-15(14)19(4)11-13-6-8-20-12-13/h5-9,12,18H,10-11H2,1-4H3.